The average molecular weight is 389 g/mol. The summed E-state index contributed by atoms with van der Waals surface area (Å²) in [6.07, 6.45) is 4.98. The van der Waals surface area contributed by atoms with E-state index >= 15 is 0 Å². The third-order valence-electron chi connectivity index (χ3n) is 5.24. The lowest BCUT2D eigenvalue weighted by atomic mass is 10.0. The van der Waals surface area contributed by atoms with E-state index in [0.29, 0.717) is 13.1 Å². The number of rotatable bonds is 7. The molecule has 3 rings (SSSR count). The number of aliphatic hydroxyl groups is 1. The van der Waals surface area contributed by atoms with E-state index in [1.807, 2.05) is 0 Å². The van der Waals surface area contributed by atoms with Crippen LogP contribution in [0.25, 0.3) is 11.3 Å². The molecule has 1 unspecified atom stereocenters. The Hall–Kier alpha value is -2.45. The summed E-state index contributed by atoms with van der Waals surface area (Å²) in [6.45, 7) is 2.79. The number of piperidine rings is 1. The maximum atomic E-state index is 13.1. The summed E-state index contributed by atoms with van der Waals surface area (Å²) >= 11 is 0. The summed E-state index contributed by atoms with van der Waals surface area (Å²) in [7, 11) is 1.73. The minimum atomic E-state index is -0.293. The van der Waals surface area contributed by atoms with Crippen LogP contribution in [-0.4, -0.2) is 70.5 Å². The molecule has 1 saturated heterocycles. The Morgan fingerprint density at radius 3 is 2.93 bits per heavy atom. The largest absolute Gasteiger partial charge is 0.395 e. The van der Waals surface area contributed by atoms with Gasteiger partial charge in [-0.05, 0) is 43.7 Å². The smallest absolute Gasteiger partial charge is 0.317 e. The molecule has 2 heterocycles. The molecule has 28 heavy (non-hydrogen) atoms. The number of amides is 2. The number of carbonyl (C=O) groups excluding carboxylic acids is 1. The molecular formula is C20H28FN5O2. The Bertz CT molecular complexity index is 764. The van der Waals surface area contributed by atoms with Gasteiger partial charge in [0.25, 0.3) is 0 Å². The second-order valence-electron chi connectivity index (χ2n) is 7.23. The summed E-state index contributed by atoms with van der Waals surface area (Å²) in [5.74, 6) is -0.293. The van der Waals surface area contributed by atoms with Crippen LogP contribution in [0.5, 0.6) is 0 Å². The van der Waals surface area contributed by atoms with Crippen molar-refractivity contribution in [3.63, 3.8) is 0 Å². The van der Waals surface area contributed by atoms with Crippen molar-refractivity contribution in [1.29, 1.82) is 0 Å². The first kappa shape index (κ1) is 20.3. The van der Waals surface area contributed by atoms with E-state index in [4.69, 9.17) is 0 Å². The number of hydrogen-bond acceptors (Lipinski definition) is 4. The van der Waals surface area contributed by atoms with Crippen molar-refractivity contribution in [3.8, 4) is 11.3 Å². The number of nitrogens with zero attached hydrogens (tertiary/aromatic N) is 3. The Morgan fingerprint density at radius 1 is 1.39 bits per heavy atom. The third kappa shape index (κ3) is 5.08. The molecule has 0 saturated carbocycles. The topological polar surface area (TPSA) is 84.5 Å². The number of aromatic nitrogens is 2. The van der Waals surface area contributed by atoms with Gasteiger partial charge < -0.3 is 15.3 Å². The molecule has 2 amide bonds. The molecule has 0 spiro atoms. The highest BCUT2D eigenvalue weighted by Gasteiger charge is 2.21. The van der Waals surface area contributed by atoms with E-state index in [9.17, 15) is 14.3 Å². The van der Waals surface area contributed by atoms with Crippen LogP contribution in [0.1, 0.15) is 24.8 Å². The molecule has 2 aromatic rings. The Kier molecular flexibility index (Phi) is 7.00. The molecule has 1 aromatic carbocycles. The quantitative estimate of drug-likeness (QED) is 0.678. The van der Waals surface area contributed by atoms with Crippen LogP contribution in [0.15, 0.2) is 30.5 Å². The number of aliphatic hydroxyl groups excluding tert-OH is 1. The number of halogens is 1. The number of urea groups is 1. The number of aromatic amines is 1. The van der Waals surface area contributed by atoms with Gasteiger partial charge in [0, 0.05) is 37.3 Å². The van der Waals surface area contributed by atoms with E-state index in [1.165, 1.54) is 12.1 Å². The lowest BCUT2D eigenvalue weighted by molar-refractivity contribution is 0.0911. The summed E-state index contributed by atoms with van der Waals surface area (Å²) < 4.78 is 13.1. The first-order valence-electron chi connectivity index (χ1n) is 9.70. The van der Waals surface area contributed by atoms with Crippen molar-refractivity contribution in [3.05, 3.63) is 41.8 Å². The van der Waals surface area contributed by atoms with Crippen LogP contribution in [-0.2, 0) is 6.54 Å². The first-order valence-corrected chi connectivity index (χ1v) is 9.70. The fourth-order valence-corrected chi connectivity index (χ4v) is 3.63. The van der Waals surface area contributed by atoms with Crippen LogP contribution in [0.3, 0.4) is 0 Å². The zero-order valence-electron chi connectivity index (χ0n) is 16.2. The standard InChI is InChI=1S/C20H28FN5O2/c1-25(20(28)22-9-11-26-10-3-2-4-18(26)14-27)13-16-12-23-24-19(16)15-5-7-17(21)8-6-15/h5-8,12,18,27H,2-4,9-11,13-14H2,1H3,(H,22,28)(H,23,24). The van der Waals surface area contributed by atoms with Crippen molar-refractivity contribution in [1.82, 2.24) is 25.3 Å². The lowest BCUT2D eigenvalue weighted by Gasteiger charge is -2.34. The molecular weight excluding hydrogens is 361 g/mol. The number of carbonyl (C=O) groups is 1. The highest BCUT2D eigenvalue weighted by atomic mass is 19.1. The van der Waals surface area contributed by atoms with Gasteiger partial charge in [-0.2, -0.15) is 5.10 Å². The van der Waals surface area contributed by atoms with Gasteiger partial charge in [0.2, 0.25) is 0 Å². The fraction of sp³-hybridized carbons (Fsp3) is 0.500. The van der Waals surface area contributed by atoms with Gasteiger partial charge in [-0.15, -0.1) is 0 Å². The molecule has 0 bridgehead atoms. The van der Waals surface area contributed by atoms with Crippen molar-refractivity contribution in [2.75, 3.05) is 33.3 Å². The maximum Gasteiger partial charge on any atom is 0.317 e. The average Bonchev–Trinajstić information content (AvgIpc) is 3.16. The zero-order chi connectivity index (χ0) is 19.9. The van der Waals surface area contributed by atoms with Crippen LogP contribution in [0.4, 0.5) is 9.18 Å². The third-order valence-corrected chi connectivity index (χ3v) is 5.24. The van der Waals surface area contributed by atoms with Crippen molar-refractivity contribution in [2.24, 2.45) is 0 Å². The van der Waals surface area contributed by atoms with E-state index in [1.54, 1.807) is 30.3 Å². The Labute approximate surface area is 164 Å². The van der Waals surface area contributed by atoms with Gasteiger partial charge in [-0.1, -0.05) is 6.42 Å². The molecule has 1 fully saturated rings. The Morgan fingerprint density at radius 2 is 2.18 bits per heavy atom. The molecule has 1 aliphatic heterocycles. The monoisotopic (exact) mass is 389 g/mol. The van der Waals surface area contributed by atoms with Crippen LogP contribution >= 0.6 is 0 Å². The van der Waals surface area contributed by atoms with Crippen LogP contribution < -0.4 is 5.32 Å². The second kappa shape index (κ2) is 9.66. The molecule has 8 heteroatoms. The Balaban J connectivity index is 1.51. The molecule has 0 radical (unpaired) electrons. The molecule has 1 atom stereocenters. The second-order valence-corrected chi connectivity index (χ2v) is 7.23. The minimum absolute atomic E-state index is 0.163. The molecule has 0 aliphatic carbocycles. The lowest BCUT2D eigenvalue weighted by Crippen LogP contribution is -2.47. The molecule has 1 aromatic heterocycles. The predicted octanol–water partition coefficient (Wildman–Crippen LogP) is 2.20. The van der Waals surface area contributed by atoms with Gasteiger partial charge in [-0.25, -0.2) is 9.18 Å². The maximum absolute atomic E-state index is 13.1. The zero-order valence-corrected chi connectivity index (χ0v) is 16.2. The highest BCUT2D eigenvalue weighted by Crippen LogP contribution is 2.22. The minimum Gasteiger partial charge on any atom is -0.395 e. The predicted molar refractivity (Wildman–Crippen MR) is 105 cm³/mol. The van der Waals surface area contributed by atoms with E-state index in [0.717, 1.165) is 49.2 Å². The highest BCUT2D eigenvalue weighted by molar-refractivity contribution is 5.74. The van der Waals surface area contributed by atoms with Gasteiger partial charge in [0.05, 0.1) is 25.0 Å². The van der Waals surface area contributed by atoms with Gasteiger partial charge in [0.1, 0.15) is 5.82 Å². The number of H-pyrrole nitrogens is 1. The SMILES string of the molecule is CN(Cc1cn[nH]c1-c1ccc(F)cc1)C(=O)NCCN1CCCCC1CO. The van der Waals surface area contributed by atoms with Crippen LogP contribution in [0.2, 0.25) is 0 Å². The van der Waals surface area contributed by atoms with E-state index in [2.05, 4.69) is 20.4 Å². The van der Waals surface area contributed by atoms with E-state index < -0.39 is 0 Å². The summed E-state index contributed by atoms with van der Waals surface area (Å²) in [6, 6.07) is 6.20. The molecule has 152 valence electrons. The van der Waals surface area contributed by atoms with Gasteiger partial charge in [-0.3, -0.25) is 10.00 Å². The summed E-state index contributed by atoms with van der Waals surface area (Å²) in [5, 5.41) is 19.4. The molecule has 3 N–H and O–H groups in total. The van der Waals surface area contributed by atoms with Crippen molar-refractivity contribution < 1.29 is 14.3 Å². The number of likely N-dealkylation sites (tertiary alicyclic amines) is 1. The van der Waals surface area contributed by atoms with Crippen molar-refractivity contribution >= 4 is 6.03 Å². The van der Waals surface area contributed by atoms with Gasteiger partial charge in [0.15, 0.2) is 0 Å². The summed E-state index contributed by atoms with van der Waals surface area (Å²) in [5.41, 5.74) is 2.46. The molecule has 1 aliphatic rings. The molecule has 7 nitrogen and oxygen atoms in total. The fourth-order valence-electron chi connectivity index (χ4n) is 3.63. The summed E-state index contributed by atoms with van der Waals surface area (Å²) in [4.78, 5) is 16.3. The number of benzene rings is 1. The van der Waals surface area contributed by atoms with E-state index in [-0.39, 0.29) is 24.5 Å². The number of hydrogen-bond donors (Lipinski definition) is 3. The van der Waals surface area contributed by atoms with Gasteiger partial charge >= 0.3 is 6.03 Å². The number of nitrogens with one attached hydrogen (secondary N) is 2. The van der Waals surface area contributed by atoms with Crippen LogP contribution in [0, 0.1) is 5.82 Å². The van der Waals surface area contributed by atoms with Crippen molar-refractivity contribution in [2.45, 2.75) is 31.8 Å². The first-order chi connectivity index (χ1) is 13.6. The normalized spacial score (nSPS) is 17.5.